The molecule has 1 aliphatic rings. The van der Waals surface area contributed by atoms with E-state index >= 15 is 0 Å². The molecule has 0 saturated heterocycles. The Kier molecular flexibility index (Phi) is 2.91. The standard InChI is InChI=1S/C12H16N2S/c1-8-7-9(12(13)15)5-6-11(8)14-10-3-2-4-10/h5-7,10,14H,2-4H2,1H3,(H2,13,15). The van der Waals surface area contributed by atoms with Crippen molar-refractivity contribution in [1.82, 2.24) is 0 Å². The fourth-order valence-corrected chi connectivity index (χ4v) is 1.88. The van der Waals surface area contributed by atoms with Crippen LogP contribution in [-0.4, -0.2) is 11.0 Å². The fourth-order valence-electron chi connectivity index (χ4n) is 1.75. The van der Waals surface area contributed by atoms with Crippen molar-refractivity contribution in [1.29, 1.82) is 0 Å². The average Bonchev–Trinajstić information content (AvgIpc) is 2.12. The lowest BCUT2D eigenvalue weighted by Crippen LogP contribution is -2.27. The minimum absolute atomic E-state index is 0.466. The van der Waals surface area contributed by atoms with Gasteiger partial charge in [-0.25, -0.2) is 0 Å². The Bertz CT molecular complexity index is 383. The second-order valence-corrected chi connectivity index (χ2v) is 4.61. The Morgan fingerprint density at radius 1 is 1.47 bits per heavy atom. The van der Waals surface area contributed by atoms with Crippen LogP contribution in [0.2, 0.25) is 0 Å². The van der Waals surface area contributed by atoms with E-state index in [0.29, 0.717) is 11.0 Å². The van der Waals surface area contributed by atoms with E-state index in [0.717, 1.165) is 5.56 Å². The summed E-state index contributed by atoms with van der Waals surface area (Å²) in [4.78, 5) is 0.466. The summed E-state index contributed by atoms with van der Waals surface area (Å²) in [5, 5.41) is 3.53. The van der Waals surface area contributed by atoms with Crippen LogP contribution in [0.4, 0.5) is 5.69 Å². The van der Waals surface area contributed by atoms with Crippen LogP contribution in [0.5, 0.6) is 0 Å². The number of thiocarbonyl (C=S) groups is 1. The molecule has 0 radical (unpaired) electrons. The number of hydrogen-bond donors (Lipinski definition) is 2. The largest absolute Gasteiger partial charge is 0.389 e. The van der Waals surface area contributed by atoms with Crippen molar-refractivity contribution in [2.45, 2.75) is 32.2 Å². The average molecular weight is 220 g/mol. The molecule has 0 aromatic heterocycles. The van der Waals surface area contributed by atoms with Gasteiger partial charge in [-0.3, -0.25) is 0 Å². The van der Waals surface area contributed by atoms with Crippen LogP contribution in [-0.2, 0) is 0 Å². The van der Waals surface area contributed by atoms with Crippen molar-refractivity contribution in [2.24, 2.45) is 5.73 Å². The van der Waals surface area contributed by atoms with Gasteiger partial charge >= 0.3 is 0 Å². The summed E-state index contributed by atoms with van der Waals surface area (Å²) in [5.41, 5.74) is 8.95. The van der Waals surface area contributed by atoms with Gasteiger partial charge in [-0.05, 0) is 49.9 Å². The van der Waals surface area contributed by atoms with Crippen LogP contribution < -0.4 is 11.1 Å². The summed E-state index contributed by atoms with van der Waals surface area (Å²) in [7, 11) is 0. The molecule has 0 amide bonds. The third kappa shape index (κ3) is 2.29. The molecule has 80 valence electrons. The van der Waals surface area contributed by atoms with E-state index in [2.05, 4.69) is 18.3 Å². The molecule has 1 aromatic rings. The monoisotopic (exact) mass is 220 g/mol. The topological polar surface area (TPSA) is 38.0 Å². The maximum Gasteiger partial charge on any atom is 0.103 e. The predicted molar refractivity (Wildman–Crippen MR) is 68.3 cm³/mol. The van der Waals surface area contributed by atoms with Crippen LogP contribution in [0, 0.1) is 6.92 Å². The van der Waals surface area contributed by atoms with Gasteiger partial charge < -0.3 is 11.1 Å². The minimum atomic E-state index is 0.466. The molecule has 0 spiro atoms. The van der Waals surface area contributed by atoms with E-state index in [1.165, 1.54) is 30.5 Å². The maximum absolute atomic E-state index is 5.58. The van der Waals surface area contributed by atoms with Gasteiger partial charge in [0.15, 0.2) is 0 Å². The molecule has 0 atom stereocenters. The molecule has 15 heavy (non-hydrogen) atoms. The molecule has 3 N–H and O–H groups in total. The van der Waals surface area contributed by atoms with Gasteiger partial charge in [0.25, 0.3) is 0 Å². The maximum atomic E-state index is 5.58. The van der Waals surface area contributed by atoms with Gasteiger partial charge in [-0.2, -0.15) is 0 Å². The zero-order chi connectivity index (χ0) is 10.8. The Morgan fingerprint density at radius 2 is 2.20 bits per heavy atom. The molecular weight excluding hydrogens is 204 g/mol. The molecule has 2 rings (SSSR count). The number of aryl methyl sites for hydroxylation is 1. The smallest absolute Gasteiger partial charge is 0.103 e. The first kappa shape index (κ1) is 10.4. The lowest BCUT2D eigenvalue weighted by atomic mass is 9.92. The van der Waals surface area contributed by atoms with Gasteiger partial charge in [0.1, 0.15) is 4.99 Å². The second-order valence-electron chi connectivity index (χ2n) is 4.17. The number of rotatable bonds is 3. The summed E-state index contributed by atoms with van der Waals surface area (Å²) >= 11 is 4.94. The number of nitrogens with two attached hydrogens (primary N) is 1. The molecule has 0 aliphatic heterocycles. The van der Waals surface area contributed by atoms with Crippen LogP contribution >= 0.6 is 12.2 Å². The summed E-state index contributed by atoms with van der Waals surface area (Å²) in [5.74, 6) is 0. The highest BCUT2D eigenvalue weighted by atomic mass is 32.1. The zero-order valence-electron chi connectivity index (χ0n) is 8.92. The second kappa shape index (κ2) is 4.19. The van der Waals surface area contributed by atoms with Crippen molar-refractivity contribution in [3.05, 3.63) is 29.3 Å². The summed E-state index contributed by atoms with van der Waals surface area (Å²) in [6.07, 6.45) is 3.93. The quantitative estimate of drug-likeness (QED) is 0.769. The fraction of sp³-hybridized carbons (Fsp3) is 0.417. The first-order valence-electron chi connectivity index (χ1n) is 5.34. The van der Waals surface area contributed by atoms with Crippen molar-refractivity contribution in [3.63, 3.8) is 0 Å². The van der Waals surface area contributed by atoms with E-state index < -0.39 is 0 Å². The Morgan fingerprint density at radius 3 is 2.67 bits per heavy atom. The number of anilines is 1. The number of hydrogen-bond acceptors (Lipinski definition) is 2. The number of nitrogens with one attached hydrogen (secondary N) is 1. The summed E-state index contributed by atoms with van der Waals surface area (Å²) in [6, 6.07) is 6.77. The van der Waals surface area contributed by atoms with E-state index in [-0.39, 0.29) is 0 Å². The molecule has 1 aromatic carbocycles. The van der Waals surface area contributed by atoms with Gasteiger partial charge in [0.2, 0.25) is 0 Å². The van der Waals surface area contributed by atoms with Gasteiger partial charge in [0, 0.05) is 17.3 Å². The SMILES string of the molecule is Cc1cc(C(N)=S)ccc1NC1CCC1. The first-order chi connectivity index (χ1) is 7.16. The molecule has 0 bridgehead atoms. The summed E-state index contributed by atoms with van der Waals surface area (Å²) < 4.78 is 0. The highest BCUT2D eigenvalue weighted by Gasteiger charge is 2.17. The molecule has 1 fully saturated rings. The van der Waals surface area contributed by atoms with E-state index in [1.54, 1.807) is 0 Å². The Labute approximate surface area is 95.9 Å². The molecule has 1 aliphatic carbocycles. The highest BCUT2D eigenvalue weighted by Crippen LogP contribution is 2.25. The molecule has 2 nitrogen and oxygen atoms in total. The number of benzene rings is 1. The normalized spacial score (nSPS) is 15.8. The third-order valence-electron chi connectivity index (χ3n) is 2.98. The van der Waals surface area contributed by atoms with Crippen LogP contribution in [0.3, 0.4) is 0 Å². The highest BCUT2D eigenvalue weighted by molar-refractivity contribution is 7.80. The van der Waals surface area contributed by atoms with Gasteiger partial charge in [0.05, 0.1) is 0 Å². The van der Waals surface area contributed by atoms with E-state index in [1.807, 2.05) is 12.1 Å². The van der Waals surface area contributed by atoms with Crippen molar-refractivity contribution in [2.75, 3.05) is 5.32 Å². The van der Waals surface area contributed by atoms with E-state index in [9.17, 15) is 0 Å². The Balaban J connectivity index is 2.14. The predicted octanol–water partition coefficient (Wildman–Crippen LogP) is 2.59. The first-order valence-corrected chi connectivity index (χ1v) is 5.74. The summed E-state index contributed by atoms with van der Waals surface area (Å²) in [6.45, 7) is 2.09. The third-order valence-corrected chi connectivity index (χ3v) is 3.21. The van der Waals surface area contributed by atoms with Crippen molar-refractivity contribution < 1.29 is 0 Å². The van der Waals surface area contributed by atoms with Crippen molar-refractivity contribution in [3.8, 4) is 0 Å². The molecule has 3 heteroatoms. The lowest BCUT2D eigenvalue weighted by molar-refractivity contribution is 0.445. The minimum Gasteiger partial charge on any atom is -0.389 e. The van der Waals surface area contributed by atoms with Crippen LogP contribution in [0.25, 0.3) is 0 Å². The van der Waals surface area contributed by atoms with Crippen LogP contribution in [0.15, 0.2) is 18.2 Å². The Hall–Kier alpha value is -1.09. The zero-order valence-corrected chi connectivity index (χ0v) is 9.73. The molecule has 1 saturated carbocycles. The van der Waals surface area contributed by atoms with E-state index in [4.69, 9.17) is 18.0 Å². The van der Waals surface area contributed by atoms with Gasteiger partial charge in [-0.15, -0.1) is 0 Å². The van der Waals surface area contributed by atoms with Crippen LogP contribution in [0.1, 0.15) is 30.4 Å². The van der Waals surface area contributed by atoms with Crippen molar-refractivity contribution >= 4 is 22.9 Å². The molecule has 0 unspecified atom stereocenters. The van der Waals surface area contributed by atoms with Gasteiger partial charge in [-0.1, -0.05) is 12.2 Å². The molecule has 0 heterocycles. The molecular formula is C12H16N2S. The lowest BCUT2D eigenvalue weighted by Gasteiger charge is -2.28.